The van der Waals surface area contributed by atoms with Crippen molar-refractivity contribution in [2.75, 3.05) is 20.0 Å². The van der Waals surface area contributed by atoms with Gasteiger partial charge in [-0.2, -0.15) is 16.8 Å². The molecule has 0 aliphatic carbocycles. The maximum Gasteiger partial charge on any atom is 0.300 e. The first-order valence-electron chi connectivity index (χ1n) is 4.85. The van der Waals surface area contributed by atoms with Crippen molar-refractivity contribution in [3.05, 3.63) is 0 Å². The van der Waals surface area contributed by atoms with E-state index in [9.17, 15) is 34.4 Å². The number of aliphatic hydroxyl groups is 2. The molecule has 0 fully saturated rings. The van der Waals surface area contributed by atoms with Gasteiger partial charge in [0.25, 0.3) is 31.2 Å². The molecule has 0 aliphatic heterocycles. The first-order chi connectivity index (χ1) is 9.23. The van der Waals surface area contributed by atoms with Crippen molar-refractivity contribution in [2.24, 2.45) is 0 Å². The van der Waals surface area contributed by atoms with E-state index < -0.39 is 50.7 Å². The second kappa shape index (κ2) is 12.0. The fourth-order valence-corrected chi connectivity index (χ4v) is 0.478. The van der Waals surface area contributed by atoms with Crippen molar-refractivity contribution in [3.63, 3.8) is 0 Å². The van der Waals surface area contributed by atoms with Crippen LogP contribution in [0, 0.1) is 0 Å². The summed E-state index contributed by atoms with van der Waals surface area (Å²) in [5.74, 6) is 0. The quantitative estimate of drug-likeness (QED) is 0.380. The predicted octanol–water partition coefficient (Wildman–Crippen LogP) is -0.362. The van der Waals surface area contributed by atoms with Crippen LogP contribution in [0.4, 0.5) is 17.6 Å². The fraction of sp³-hybridized carbons (Fsp3) is 1.00. The molecule has 0 radical (unpaired) electrons. The molecule has 0 amide bonds. The molecule has 0 saturated carbocycles. The van der Waals surface area contributed by atoms with Gasteiger partial charge < -0.3 is 10.2 Å². The molecule has 0 rings (SSSR count). The van der Waals surface area contributed by atoms with Crippen molar-refractivity contribution < 1.29 is 53.7 Å². The van der Waals surface area contributed by atoms with E-state index in [1.54, 1.807) is 0 Å². The Morgan fingerprint density at radius 3 is 1.10 bits per heavy atom. The SMILES string of the molecule is CC(O)CO.O=S(=O)(O)C(F)CF.O=S(=O)(O)C(F)CF. The van der Waals surface area contributed by atoms with E-state index in [4.69, 9.17) is 19.3 Å². The zero-order valence-corrected chi connectivity index (χ0v) is 12.2. The van der Waals surface area contributed by atoms with Gasteiger partial charge >= 0.3 is 0 Å². The van der Waals surface area contributed by atoms with E-state index in [1.807, 2.05) is 0 Å². The van der Waals surface area contributed by atoms with Crippen LogP contribution in [0.25, 0.3) is 0 Å². The number of hydrogen-bond donors (Lipinski definition) is 4. The molecule has 4 N–H and O–H groups in total. The molecule has 0 aromatic heterocycles. The van der Waals surface area contributed by atoms with E-state index >= 15 is 0 Å². The molecule has 21 heavy (non-hydrogen) atoms. The third kappa shape index (κ3) is 19.5. The summed E-state index contributed by atoms with van der Waals surface area (Å²) in [6.07, 6.45) is -0.560. The maximum absolute atomic E-state index is 11.4. The smallest absolute Gasteiger partial charge is 0.300 e. The minimum absolute atomic E-state index is 0.139. The molecule has 14 heteroatoms. The molecule has 0 heterocycles. The van der Waals surface area contributed by atoms with Gasteiger partial charge in [-0.1, -0.05) is 0 Å². The van der Waals surface area contributed by atoms with Crippen molar-refractivity contribution in [3.8, 4) is 0 Å². The van der Waals surface area contributed by atoms with Crippen LogP contribution in [0.3, 0.4) is 0 Å². The molecular weight excluding hydrogens is 352 g/mol. The molecule has 8 nitrogen and oxygen atoms in total. The number of hydrogen-bond acceptors (Lipinski definition) is 6. The van der Waals surface area contributed by atoms with Gasteiger partial charge in [0, 0.05) is 0 Å². The molecule has 3 unspecified atom stereocenters. The summed E-state index contributed by atoms with van der Waals surface area (Å²) in [6, 6.07) is 0. The van der Waals surface area contributed by atoms with Gasteiger partial charge in [-0.15, -0.1) is 0 Å². The summed E-state index contributed by atoms with van der Waals surface area (Å²) < 4.78 is 98.1. The number of rotatable bonds is 5. The fourth-order valence-electron chi connectivity index (χ4n) is 0.159. The van der Waals surface area contributed by atoms with Gasteiger partial charge in [-0.25, -0.2) is 17.6 Å². The van der Waals surface area contributed by atoms with Crippen molar-refractivity contribution >= 4 is 20.2 Å². The minimum atomic E-state index is -4.79. The average molecular weight is 368 g/mol. The van der Waals surface area contributed by atoms with Crippen LogP contribution in [0.15, 0.2) is 0 Å². The lowest BCUT2D eigenvalue weighted by Crippen LogP contribution is -2.16. The first-order valence-corrected chi connectivity index (χ1v) is 7.86. The zero-order chi connectivity index (χ0) is 17.9. The average Bonchev–Trinajstić information content (AvgIpc) is 2.35. The number of halogens is 4. The highest BCUT2D eigenvalue weighted by molar-refractivity contribution is 7.86. The van der Waals surface area contributed by atoms with Crippen LogP contribution in [0.5, 0.6) is 0 Å². The minimum Gasteiger partial charge on any atom is -0.394 e. The van der Waals surface area contributed by atoms with Crippen LogP contribution in [-0.2, 0) is 20.2 Å². The molecule has 0 aromatic rings. The summed E-state index contributed by atoms with van der Waals surface area (Å²) in [7, 11) is -9.59. The van der Waals surface area contributed by atoms with Crippen LogP contribution >= 0.6 is 0 Å². The van der Waals surface area contributed by atoms with E-state index in [2.05, 4.69) is 0 Å². The molecule has 0 spiro atoms. The van der Waals surface area contributed by atoms with Gasteiger partial charge in [0.1, 0.15) is 13.3 Å². The van der Waals surface area contributed by atoms with Crippen molar-refractivity contribution in [1.82, 2.24) is 0 Å². The van der Waals surface area contributed by atoms with Gasteiger partial charge in [0.15, 0.2) is 0 Å². The lowest BCUT2D eigenvalue weighted by Gasteiger charge is -1.94. The second-order valence-corrected chi connectivity index (χ2v) is 6.27. The maximum atomic E-state index is 11.4. The second-order valence-electron chi connectivity index (χ2n) is 3.19. The highest BCUT2D eigenvalue weighted by Gasteiger charge is 2.21. The molecular formula is C7H16F4O8S2. The van der Waals surface area contributed by atoms with Crippen LogP contribution in [0.2, 0.25) is 0 Å². The Kier molecular flexibility index (Phi) is 14.6. The molecule has 0 bridgehead atoms. The molecule has 0 saturated heterocycles. The van der Waals surface area contributed by atoms with Gasteiger partial charge in [0.05, 0.1) is 12.7 Å². The highest BCUT2D eigenvalue weighted by Crippen LogP contribution is 1.99. The van der Waals surface area contributed by atoms with Crippen LogP contribution in [-0.4, -0.2) is 73.2 Å². The van der Waals surface area contributed by atoms with E-state index in [1.165, 1.54) is 6.92 Å². The van der Waals surface area contributed by atoms with Crippen LogP contribution in [0.1, 0.15) is 6.92 Å². The lowest BCUT2D eigenvalue weighted by atomic mass is 10.5. The molecule has 0 aromatic carbocycles. The number of aliphatic hydroxyl groups excluding tert-OH is 2. The van der Waals surface area contributed by atoms with E-state index in [0.29, 0.717) is 0 Å². The predicted molar refractivity (Wildman–Crippen MR) is 63.6 cm³/mol. The lowest BCUT2D eigenvalue weighted by molar-refractivity contribution is 0.110. The monoisotopic (exact) mass is 368 g/mol. The summed E-state index contributed by atoms with van der Waals surface area (Å²) in [6.45, 7) is -2.03. The van der Waals surface area contributed by atoms with E-state index in [0.717, 1.165) is 0 Å². The zero-order valence-electron chi connectivity index (χ0n) is 10.6. The Labute approximate surface area is 118 Å². The Balaban J connectivity index is -0.000000239. The standard InChI is InChI=1S/C3H8O2.2C2H4F2O3S/c1-3(5)2-4;2*3-1-2(4)8(5,6)7/h3-5H,2H2,1H3;2*2H,1H2,(H,5,6,7). The Bertz CT molecular complexity index is 400. The highest BCUT2D eigenvalue weighted by atomic mass is 32.2. The third-order valence-electron chi connectivity index (χ3n) is 1.15. The van der Waals surface area contributed by atoms with Crippen LogP contribution < -0.4 is 0 Å². The summed E-state index contributed by atoms with van der Waals surface area (Å²) in [5, 5.41) is 16.0. The topological polar surface area (TPSA) is 149 Å². The third-order valence-corrected chi connectivity index (χ3v) is 2.70. The Hall–Kier alpha value is -0.540. The van der Waals surface area contributed by atoms with Crippen molar-refractivity contribution in [2.45, 2.75) is 24.0 Å². The van der Waals surface area contributed by atoms with Crippen molar-refractivity contribution in [1.29, 1.82) is 0 Å². The summed E-state index contributed by atoms with van der Waals surface area (Å²) in [4.78, 5) is 0. The summed E-state index contributed by atoms with van der Waals surface area (Å²) >= 11 is 0. The van der Waals surface area contributed by atoms with Gasteiger partial charge in [-0.05, 0) is 6.92 Å². The molecule has 3 atom stereocenters. The summed E-state index contributed by atoms with van der Waals surface area (Å²) in [5.41, 5.74) is -5.58. The van der Waals surface area contributed by atoms with Gasteiger partial charge in [-0.3, -0.25) is 9.11 Å². The Morgan fingerprint density at radius 2 is 1.10 bits per heavy atom. The first kappa shape index (κ1) is 25.4. The number of alkyl halides is 4. The Morgan fingerprint density at radius 1 is 0.905 bits per heavy atom. The molecule has 0 aliphatic rings. The van der Waals surface area contributed by atoms with Gasteiger partial charge in [0.2, 0.25) is 0 Å². The largest absolute Gasteiger partial charge is 0.394 e. The molecule has 132 valence electrons. The normalized spacial score (nSPS) is 15.7. The van der Waals surface area contributed by atoms with E-state index in [-0.39, 0.29) is 6.61 Å².